The van der Waals surface area contributed by atoms with Crippen LogP contribution in [0.3, 0.4) is 0 Å². The maximum atomic E-state index is 8.77. The van der Waals surface area contributed by atoms with E-state index in [9.17, 15) is 0 Å². The molecule has 5 heteroatoms. The van der Waals surface area contributed by atoms with Crippen molar-refractivity contribution in [1.82, 2.24) is 9.97 Å². The maximum absolute atomic E-state index is 8.77. The number of rotatable bonds is 7. The summed E-state index contributed by atoms with van der Waals surface area (Å²) in [6, 6.07) is 37.7. The molecule has 0 aliphatic heterocycles. The van der Waals surface area contributed by atoms with Crippen molar-refractivity contribution in [2.75, 3.05) is 0 Å². The quantitative estimate of drug-likeness (QED) is 0.118. The number of pyridine rings is 2. The summed E-state index contributed by atoms with van der Waals surface area (Å²) in [5, 5.41) is 2.08. The van der Waals surface area contributed by atoms with Crippen molar-refractivity contribution in [3.05, 3.63) is 138 Å². The predicted molar refractivity (Wildman–Crippen MR) is 234 cm³/mol. The summed E-state index contributed by atoms with van der Waals surface area (Å²) in [5.41, 5.74) is 12.0. The summed E-state index contributed by atoms with van der Waals surface area (Å²) < 4.78 is 33.9. The number of hydrogen-bond donors (Lipinski definition) is 0. The number of aromatic nitrogens is 2. The molecular formula is C51H54GeIrN2O-2. The standard InChI is InChI=1S/C31H28NO.C20H26GeN.Ir/c1-20-6-5-7-21(2)31(20)25-10-12-26-27-18-24(11-13-29(27)33-30(26)19-25)28-17-23(14-15-32-28)16-22-8-3-4-9-22;1-21(2,3)19-13-14-20(22-15-19)18-11-9-17(10-12-18)16-7-5-4-6-8-16;/h5-7,10,12-15,17-19,22H,3-4,8-9,16H2,1-2H3;9-11,13-16H,4-8H2,1-3H3;/q2*-1;/i16D2;16D;. The van der Waals surface area contributed by atoms with Crippen LogP contribution in [0.1, 0.15) is 90.0 Å². The van der Waals surface area contributed by atoms with Gasteiger partial charge in [0, 0.05) is 34.4 Å². The Labute approximate surface area is 354 Å². The Balaban J connectivity index is 0.000000192. The van der Waals surface area contributed by atoms with E-state index in [1.54, 1.807) is 6.20 Å². The number of benzene rings is 4. The molecule has 7 aromatic rings. The van der Waals surface area contributed by atoms with Gasteiger partial charge in [-0.25, -0.2) is 0 Å². The number of fused-ring (bicyclic) bond motifs is 3. The molecule has 0 unspecified atom stereocenters. The molecule has 0 atom stereocenters. The van der Waals surface area contributed by atoms with Gasteiger partial charge >= 0.3 is 139 Å². The van der Waals surface area contributed by atoms with Crippen LogP contribution in [0.15, 0.2) is 108 Å². The summed E-state index contributed by atoms with van der Waals surface area (Å²) in [7, 11) is 0. The Morgan fingerprint density at radius 3 is 2.18 bits per heavy atom. The third-order valence-electron chi connectivity index (χ3n) is 11.5. The Morgan fingerprint density at radius 2 is 1.48 bits per heavy atom. The van der Waals surface area contributed by atoms with Crippen LogP contribution in [0, 0.1) is 31.9 Å². The first-order chi connectivity index (χ1) is 27.8. The van der Waals surface area contributed by atoms with Crippen molar-refractivity contribution in [2.24, 2.45) is 5.92 Å². The van der Waals surface area contributed by atoms with Crippen molar-refractivity contribution in [3.8, 4) is 33.6 Å². The minimum atomic E-state index is -1.79. The van der Waals surface area contributed by atoms with Crippen LogP contribution < -0.4 is 4.40 Å². The summed E-state index contributed by atoms with van der Waals surface area (Å²) in [4.78, 5) is 9.21. The molecule has 289 valence electrons. The van der Waals surface area contributed by atoms with Crippen molar-refractivity contribution in [2.45, 2.75) is 101 Å². The third-order valence-corrected chi connectivity index (χ3v) is 15.8. The van der Waals surface area contributed by atoms with E-state index in [1.165, 1.54) is 40.3 Å². The molecule has 2 fully saturated rings. The largest absolute Gasteiger partial charge is 0 e. The second-order valence-corrected chi connectivity index (χ2v) is 27.2. The minimum absolute atomic E-state index is 0. The maximum Gasteiger partial charge on any atom is 0 e. The van der Waals surface area contributed by atoms with Gasteiger partial charge in [-0.05, 0) is 66.2 Å². The van der Waals surface area contributed by atoms with Gasteiger partial charge < -0.3 is 9.40 Å². The van der Waals surface area contributed by atoms with Crippen molar-refractivity contribution >= 4 is 39.6 Å². The fourth-order valence-electron chi connectivity index (χ4n) is 8.34. The van der Waals surface area contributed by atoms with Gasteiger partial charge in [0.1, 0.15) is 5.58 Å². The van der Waals surface area contributed by atoms with Gasteiger partial charge in [-0.15, -0.1) is 23.8 Å². The van der Waals surface area contributed by atoms with E-state index in [0.717, 1.165) is 94.1 Å². The molecule has 56 heavy (non-hydrogen) atoms. The van der Waals surface area contributed by atoms with Gasteiger partial charge in [-0.3, -0.25) is 0 Å². The Hall–Kier alpha value is -3.83. The fourth-order valence-corrected chi connectivity index (χ4v) is 10.5. The fraction of sp³-hybridized carbons (Fsp3) is 0.333. The SMILES string of the molecule is [2H]C([2H])(c1ccnc(-c2[c-]cc3oc4cc(-c5c(C)cccc5C)ccc4c3c2)c1)C1CCCC1.[2H]C1(c2c[c-]c(-c3cc[c]([Ge]([CH3])([CH3])[CH3])cn3)cc2)CCCCC1.[Ir]. The topological polar surface area (TPSA) is 38.9 Å². The van der Waals surface area contributed by atoms with E-state index in [1.807, 2.05) is 30.5 Å². The summed E-state index contributed by atoms with van der Waals surface area (Å²) in [6.45, 7) is 4.28. The number of hydrogen-bond acceptors (Lipinski definition) is 3. The van der Waals surface area contributed by atoms with Crippen LogP contribution in [0.2, 0.25) is 17.3 Å². The summed E-state index contributed by atoms with van der Waals surface area (Å²) >= 11 is -1.79. The second kappa shape index (κ2) is 17.8. The molecule has 0 bridgehead atoms. The first-order valence-electron chi connectivity index (χ1n) is 21.7. The third kappa shape index (κ3) is 9.15. The molecule has 3 nitrogen and oxygen atoms in total. The smallest absolute Gasteiger partial charge is 0 e. The van der Waals surface area contributed by atoms with Crippen LogP contribution in [0.5, 0.6) is 0 Å². The molecule has 9 rings (SSSR count). The monoisotopic (exact) mass is 980 g/mol. The first-order valence-corrected chi connectivity index (χ1v) is 27.6. The predicted octanol–water partition coefficient (Wildman–Crippen LogP) is 13.6. The van der Waals surface area contributed by atoms with Gasteiger partial charge in [-0.2, -0.15) is 0 Å². The van der Waals surface area contributed by atoms with Crippen LogP contribution in [-0.4, -0.2) is 23.2 Å². The number of nitrogens with zero attached hydrogens (tertiary/aromatic N) is 2. The Bertz CT molecular complexity index is 2530. The summed E-state index contributed by atoms with van der Waals surface area (Å²) in [5.74, 6) is 6.83. The first kappa shape index (κ1) is 36.5. The molecule has 3 heterocycles. The zero-order chi connectivity index (χ0) is 40.7. The van der Waals surface area contributed by atoms with Crippen LogP contribution in [0.25, 0.3) is 55.6 Å². The van der Waals surface area contributed by atoms with Gasteiger partial charge in [0.05, 0.1) is 5.58 Å². The molecule has 1 radical (unpaired) electrons. The zero-order valence-electron chi connectivity index (χ0n) is 36.4. The van der Waals surface area contributed by atoms with E-state index < -0.39 is 25.5 Å². The van der Waals surface area contributed by atoms with Gasteiger partial charge in [0.25, 0.3) is 0 Å². The average Bonchev–Trinajstić information content (AvgIpc) is 3.90. The molecule has 0 N–H and O–H groups in total. The molecule has 2 aliphatic carbocycles. The van der Waals surface area contributed by atoms with E-state index in [0.29, 0.717) is 5.56 Å². The molecule has 3 aromatic heterocycles. The molecule has 0 saturated heterocycles. The van der Waals surface area contributed by atoms with E-state index in [-0.39, 0.29) is 26.0 Å². The molecule has 0 amide bonds. The molecule has 4 aromatic carbocycles. The van der Waals surface area contributed by atoms with Gasteiger partial charge in [0.15, 0.2) is 0 Å². The summed E-state index contributed by atoms with van der Waals surface area (Å²) in [6.07, 6.45) is 12.1. The Morgan fingerprint density at radius 1 is 0.732 bits per heavy atom. The molecule has 0 spiro atoms. The van der Waals surface area contributed by atoms with Crippen molar-refractivity contribution in [3.63, 3.8) is 0 Å². The average molecular weight is 979 g/mol. The minimum Gasteiger partial charge on any atom is 0 e. The molecule has 2 aliphatic rings. The van der Waals surface area contributed by atoms with E-state index in [2.05, 4.69) is 120 Å². The van der Waals surface area contributed by atoms with Crippen molar-refractivity contribution < 1.29 is 28.6 Å². The van der Waals surface area contributed by atoms with Crippen LogP contribution >= 0.6 is 0 Å². The van der Waals surface area contributed by atoms with Gasteiger partial charge in [-0.1, -0.05) is 73.0 Å². The van der Waals surface area contributed by atoms with Crippen LogP contribution in [0.4, 0.5) is 0 Å². The van der Waals surface area contributed by atoms with Crippen molar-refractivity contribution in [1.29, 1.82) is 0 Å². The Kier molecular flexibility index (Phi) is 11.6. The number of furan rings is 1. The van der Waals surface area contributed by atoms with Crippen LogP contribution in [-0.2, 0) is 26.5 Å². The normalized spacial score (nSPS) is 16.7. The van der Waals surface area contributed by atoms with E-state index in [4.69, 9.17) is 8.53 Å². The molecule has 2 saturated carbocycles. The zero-order valence-corrected chi connectivity index (χ0v) is 37.9. The molecular weight excluding hydrogens is 921 g/mol. The van der Waals surface area contributed by atoms with Gasteiger partial charge in [0.2, 0.25) is 0 Å². The number of aryl methyl sites for hydroxylation is 2. The second-order valence-electron chi connectivity index (χ2n) is 16.6. The van der Waals surface area contributed by atoms with E-state index >= 15 is 0 Å².